The fraction of sp³-hybridized carbons (Fsp3) is 0.267. The van der Waals surface area contributed by atoms with Crippen molar-refractivity contribution in [2.24, 2.45) is 0 Å². The Balaban J connectivity index is 2.45. The maximum atomic E-state index is 6.11. The van der Waals surface area contributed by atoms with Gasteiger partial charge >= 0.3 is 0 Å². The lowest BCUT2D eigenvalue weighted by atomic mass is 10.00. The molecule has 0 saturated heterocycles. The summed E-state index contributed by atoms with van der Waals surface area (Å²) in [6.45, 7) is 4.98. The van der Waals surface area contributed by atoms with Gasteiger partial charge in [-0.3, -0.25) is 4.98 Å². The number of rotatable bonds is 4. The van der Waals surface area contributed by atoms with Crippen molar-refractivity contribution in [2.45, 2.75) is 19.9 Å². The molecule has 0 fully saturated rings. The van der Waals surface area contributed by atoms with Crippen molar-refractivity contribution in [2.75, 3.05) is 6.54 Å². The topological polar surface area (TPSA) is 24.9 Å². The third-order valence-corrected chi connectivity index (χ3v) is 3.75. The molecule has 2 aromatic rings. The Labute approximate surface area is 123 Å². The van der Waals surface area contributed by atoms with Gasteiger partial charge in [0.05, 0.1) is 21.8 Å². The molecule has 19 heavy (non-hydrogen) atoms. The number of halogens is 2. The first-order valence-corrected chi connectivity index (χ1v) is 6.99. The zero-order valence-corrected chi connectivity index (χ0v) is 12.5. The van der Waals surface area contributed by atoms with Crippen LogP contribution in [0.4, 0.5) is 0 Å². The number of aromatic nitrogens is 1. The first kappa shape index (κ1) is 14.3. The highest BCUT2D eigenvalue weighted by atomic mass is 35.5. The summed E-state index contributed by atoms with van der Waals surface area (Å²) in [6.07, 6.45) is 1.81. The molecule has 0 aliphatic carbocycles. The molecule has 0 amide bonds. The molecule has 0 radical (unpaired) electrons. The third kappa shape index (κ3) is 3.27. The minimum atomic E-state index is 0.0287. The summed E-state index contributed by atoms with van der Waals surface area (Å²) in [5, 5.41) is 4.57. The molecule has 0 bridgehead atoms. The molecule has 1 atom stereocenters. The number of hydrogen-bond acceptors (Lipinski definition) is 2. The Morgan fingerprint density at radius 2 is 2.00 bits per heavy atom. The van der Waals surface area contributed by atoms with Gasteiger partial charge < -0.3 is 5.32 Å². The van der Waals surface area contributed by atoms with Crippen LogP contribution in [0.15, 0.2) is 36.5 Å². The van der Waals surface area contributed by atoms with Gasteiger partial charge in [0.25, 0.3) is 0 Å². The molecule has 2 nitrogen and oxygen atoms in total. The molecule has 1 aromatic carbocycles. The van der Waals surface area contributed by atoms with Crippen LogP contribution in [0.5, 0.6) is 0 Å². The maximum Gasteiger partial charge on any atom is 0.0754 e. The van der Waals surface area contributed by atoms with E-state index in [9.17, 15) is 0 Å². The Bertz CT molecular complexity index is 570. The predicted octanol–water partition coefficient (Wildman–Crippen LogP) is 4.40. The van der Waals surface area contributed by atoms with Crippen molar-refractivity contribution in [3.63, 3.8) is 0 Å². The van der Waals surface area contributed by atoms with Crippen molar-refractivity contribution in [3.05, 3.63) is 63.4 Å². The molecule has 0 aliphatic rings. The van der Waals surface area contributed by atoms with Crippen LogP contribution in [0.3, 0.4) is 0 Å². The van der Waals surface area contributed by atoms with E-state index in [1.807, 2.05) is 30.5 Å². The normalized spacial score (nSPS) is 12.4. The second kappa shape index (κ2) is 6.38. The van der Waals surface area contributed by atoms with Crippen LogP contribution >= 0.6 is 23.2 Å². The number of pyridine rings is 1. The van der Waals surface area contributed by atoms with Gasteiger partial charge in [0.1, 0.15) is 0 Å². The summed E-state index contributed by atoms with van der Waals surface area (Å²) >= 11 is 12.1. The maximum absolute atomic E-state index is 6.11. The van der Waals surface area contributed by atoms with Crippen molar-refractivity contribution in [1.29, 1.82) is 0 Å². The summed E-state index contributed by atoms with van der Waals surface area (Å²) in [4.78, 5) is 4.49. The monoisotopic (exact) mass is 294 g/mol. The molecule has 100 valence electrons. The second-order valence-electron chi connectivity index (χ2n) is 4.37. The second-order valence-corrected chi connectivity index (χ2v) is 5.18. The largest absolute Gasteiger partial charge is 0.305 e. The van der Waals surface area contributed by atoms with Gasteiger partial charge in [0.15, 0.2) is 0 Å². The molecule has 2 rings (SSSR count). The van der Waals surface area contributed by atoms with Gasteiger partial charge in [-0.2, -0.15) is 0 Å². The highest BCUT2D eigenvalue weighted by Gasteiger charge is 2.17. The lowest BCUT2D eigenvalue weighted by Gasteiger charge is -2.20. The highest BCUT2D eigenvalue weighted by Crippen LogP contribution is 2.29. The van der Waals surface area contributed by atoms with Crippen LogP contribution in [-0.4, -0.2) is 11.5 Å². The first-order chi connectivity index (χ1) is 9.13. The first-order valence-electron chi connectivity index (χ1n) is 6.23. The van der Waals surface area contributed by atoms with E-state index >= 15 is 0 Å². The summed E-state index contributed by atoms with van der Waals surface area (Å²) in [6, 6.07) is 9.73. The lowest BCUT2D eigenvalue weighted by Crippen LogP contribution is -2.23. The third-order valence-electron chi connectivity index (χ3n) is 3.01. The molecule has 1 N–H and O–H groups in total. The quantitative estimate of drug-likeness (QED) is 0.904. The van der Waals surface area contributed by atoms with Crippen LogP contribution in [0.2, 0.25) is 10.0 Å². The Morgan fingerprint density at radius 1 is 1.21 bits per heavy atom. The Kier molecular flexibility index (Phi) is 4.81. The van der Waals surface area contributed by atoms with Gasteiger partial charge in [-0.05, 0) is 42.8 Å². The summed E-state index contributed by atoms with van der Waals surface area (Å²) in [5.41, 5.74) is 3.24. The molecule has 1 aromatic heterocycles. The van der Waals surface area contributed by atoms with Crippen molar-refractivity contribution in [3.8, 4) is 0 Å². The van der Waals surface area contributed by atoms with E-state index in [-0.39, 0.29) is 6.04 Å². The number of nitrogens with zero attached hydrogens (tertiary/aromatic N) is 1. The van der Waals surface area contributed by atoms with Crippen molar-refractivity contribution < 1.29 is 0 Å². The Morgan fingerprint density at radius 3 is 2.63 bits per heavy atom. The van der Waals surface area contributed by atoms with E-state index in [1.165, 1.54) is 0 Å². The minimum absolute atomic E-state index is 0.0287. The van der Waals surface area contributed by atoms with Gasteiger partial charge in [-0.15, -0.1) is 0 Å². The van der Waals surface area contributed by atoms with E-state index in [0.717, 1.165) is 23.4 Å². The van der Waals surface area contributed by atoms with Gasteiger partial charge in [-0.1, -0.05) is 42.3 Å². The number of hydrogen-bond donors (Lipinski definition) is 1. The van der Waals surface area contributed by atoms with Crippen LogP contribution in [-0.2, 0) is 0 Å². The summed E-state index contributed by atoms with van der Waals surface area (Å²) in [7, 11) is 0. The zero-order chi connectivity index (χ0) is 13.8. The number of nitrogens with one attached hydrogen (secondary N) is 1. The van der Waals surface area contributed by atoms with E-state index in [2.05, 4.69) is 30.2 Å². The van der Waals surface area contributed by atoms with E-state index in [1.54, 1.807) is 0 Å². The van der Waals surface area contributed by atoms with Gasteiger partial charge in [0.2, 0.25) is 0 Å². The van der Waals surface area contributed by atoms with Crippen molar-refractivity contribution in [1.82, 2.24) is 10.3 Å². The van der Waals surface area contributed by atoms with Gasteiger partial charge in [0, 0.05) is 6.20 Å². The Hall–Kier alpha value is -1.09. The standard InChI is InChI=1S/C15H16Cl2N2/c1-3-18-15(14-10(2)5-4-8-19-14)11-6-7-12(16)13(17)9-11/h4-9,15,18H,3H2,1-2H3. The summed E-state index contributed by atoms with van der Waals surface area (Å²) < 4.78 is 0. The predicted molar refractivity (Wildman–Crippen MR) is 81.0 cm³/mol. The fourth-order valence-electron chi connectivity index (χ4n) is 2.07. The average molecular weight is 295 g/mol. The highest BCUT2D eigenvalue weighted by molar-refractivity contribution is 6.42. The molecular weight excluding hydrogens is 279 g/mol. The number of benzene rings is 1. The molecule has 1 heterocycles. The summed E-state index contributed by atoms with van der Waals surface area (Å²) in [5.74, 6) is 0. The average Bonchev–Trinajstić information content (AvgIpc) is 2.40. The van der Waals surface area contributed by atoms with Crippen molar-refractivity contribution >= 4 is 23.2 Å². The van der Waals surface area contributed by atoms with Crippen LogP contribution in [0, 0.1) is 6.92 Å². The minimum Gasteiger partial charge on any atom is -0.305 e. The molecule has 0 spiro atoms. The van der Waals surface area contributed by atoms with E-state index < -0.39 is 0 Å². The molecule has 0 saturated carbocycles. The molecule has 0 aliphatic heterocycles. The SMILES string of the molecule is CCNC(c1ccc(Cl)c(Cl)c1)c1ncccc1C. The molecule has 1 unspecified atom stereocenters. The van der Waals surface area contributed by atoms with Crippen LogP contribution < -0.4 is 5.32 Å². The molecule has 4 heteroatoms. The van der Waals surface area contributed by atoms with Crippen LogP contribution in [0.1, 0.15) is 29.8 Å². The zero-order valence-electron chi connectivity index (χ0n) is 11.0. The van der Waals surface area contributed by atoms with Gasteiger partial charge in [-0.25, -0.2) is 0 Å². The fourth-order valence-corrected chi connectivity index (χ4v) is 2.38. The van der Waals surface area contributed by atoms with E-state index in [0.29, 0.717) is 10.0 Å². The van der Waals surface area contributed by atoms with E-state index in [4.69, 9.17) is 23.2 Å². The molecular formula is C15H16Cl2N2. The smallest absolute Gasteiger partial charge is 0.0754 e. The number of aryl methyl sites for hydroxylation is 1. The van der Waals surface area contributed by atoms with Crippen LogP contribution in [0.25, 0.3) is 0 Å². The lowest BCUT2D eigenvalue weighted by molar-refractivity contribution is 0.612.